The van der Waals surface area contributed by atoms with Crippen LogP contribution in [-0.2, 0) is 0 Å². The van der Waals surface area contributed by atoms with E-state index >= 15 is 0 Å². The lowest BCUT2D eigenvalue weighted by atomic mass is 9.94. The molecule has 0 aliphatic rings. The minimum Gasteiger partial charge on any atom is -0.309 e. The molecule has 0 spiro atoms. The zero-order valence-electron chi connectivity index (χ0n) is 59.9. The standard InChI is InChI=1S/C100H58N12/c1-104-82-45-37-69(38-46-82)77-42-50-94-88(57-77)87-56-76(68-35-29-65(62-103)30-36-68)41-49-93(87)112(94)90-52-44-81(100-109-97(72-19-10-4-11-20-72)106-98(110-100)73-21-12-5-13-22-73)59-84(90)79-24-14-23-78(53-79)83-58-80(99-107-95(70-15-6-2-7-16-70)105-96(108-99)71-17-8-3-9-18-71)43-51-89(83)111-91-47-39-74(66-31-25-63(60-101)26-32-66)54-85(91)86-55-75(40-48-92(86)111)67-33-27-64(61-102)28-34-67/h2-59H. The third-order valence-electron chi connectivity index (χ3n) is 20.8. The zero-order valence-corrected chi connectivity index (χ0v) is 59.9. The summed E-state index contributed by atoms with van der Waals surface area (Å²) in [5, 5.41) is 33.6. The van der Waals surface area contributed by atoms with Gasteiger partial charge < -0.3 is 9.13 Å². The molecule has 0 amide bonds. The maximum atomic E-state index is 9.86. The highest BCUT2D eigenvalue weighted by Gasteiger charge is 2.25. The van der Waals surface area contributed by atoms with Crippen LogP contribution in [0.2, 0.25) is 0 Å². The predicted molar refractivity (Wildman–Crippen MR) is 448 cm³/mol. The monoisotopic (exact) mass is 1430 g/mol. The third-order valence-corrected chi connectivity index (χ3v) is 20.8. The van der Waals surface area contributed by atoms with Crippen LogP contribution in [0.3, 0.4) is 0 Å². The highest BCUT2D eigenvalue weighted by molar-refractivity contribution is 6.14. The summed E-state index contributed by atoms with van der Waals surface area (Å²) >= 11 is 0. The molecule has 0 bridgehead atoms. The molecule has 0 aliphatic heterocycles. The maximum Gasteiger partial charge on any atom is 0.187 e. The van der Waals surface area contributed by atoms with Crippen molar-refractivity contribution in [2.75, 3.05) is 0 Å². The first-order valence-electron chi connectivity index (χ1n) is 36.6. The van der Waals surface area contributed by atoms with Gasteiger partial charge in [0.1, 0.15) is 0 Å². The lowest BCUT2D eigenvalue weighted by Gasteiger charge is -2.19. The number of fused-ring (bicyclic) bond motifs is 6. The SMILES string of the molecule is [C-]#[N+]c1ccc(-c2ccc3c(c2)c2cc(-c4ccc(C#N)cc4)ccc2n3-c2ccc(-c3nc(-c4ccccc4)nc(-c4ccccc4)n3)cc2-c2cccc(-c3cc(-c4nc(-c5ccccc5)nc(-c5ccccc5)n4)ccc3-n3c4ccc(-c5ccc(C#N)cc5)cc4c4cc(-c5ccc(C#N)cc5)ccc43)c2)cc1. The second kappa shape index (κ2) is 28.3. The van der Waals surface area contributed by atoms with Gasteiger partial charge in [-0.15, -0.1) is 0 Å². The Balaban J connectivity index is 0.875. The Labute approximate surface area is 644 Å². The molecule has 0 fully saturated rings. The van der Waals surface area contributed by atoms with Crippen molar-refractivity contribution in [3.05, 3.63) is 380 Å². The molecule has 0 saturated carbocycles. The molecule has 4 aromatic heterocycles. The number of benzene rings is 15. The molecule has 0 saturated heterocycles. The van der Waals surface area contributed by atoms with Crippen LogP contribution in [0.25, 0.3) is 195 Å². The highest BCUT2D eigenvalue weighted by Crippen LogP contribution is 2.46. The van der Waals surface area contributed by atoms with Crippen LogP contribution in [0.4, 0.5) is 5.69 Å². The fraction of sp³-hybridized carbons (Fsp3) is 0. The molecule has 19 rings (SSSR count). The molecule has 0 unspecified atom stereocenters. The smallest absolute Gasteiger partial charge is 0.187 e. The fourth-order valence-electron chi connectivity index (χ4n) is 15.2. The van der Waals surface area contributed by atoms with Gasteiger partial charge in [-0.05, 0) is 183 Å². The van der Waals surface area contributed by atoms with Gasteiger partial charge in [0.15, 0.2) is 40.6 Å². The summed E-state index contributed by atoms with van der Waals surface area (Å²) in [5.74, 6) is 3.14. The molecular formula is C100H58N12. The topological polar surface area (TPSA) is 163 Å². The van der Waals surface area contributed by atoms with Gasteiger partial charge in [0, 0.05) is 66.1 Å². The zero-order chi connectivity index (χ0) is 75.2. The summed E-state index contributed by atoms with van der Waals surface area (Å²) in [7, 11) is 0. The highest BCUT2D eigenvalue weighted by atomic mass is 15.1. The van der Waals surface area contributed by atoms with E-state index in [2.05, 4.69) is 166 Å². The fourth-order valence-corrected chi connectivity index (χ4v) is 15.2. The van der Waals surface area contributed by atoms with E-state index in [4.69, 9.17) is 36.5 Å². The van der Waals surface area contributed by atoms with Crippen molar-refractivity contribution >= 4 is 49.3 Å². The summed E-state index contributed by atoms with van der Waals surface area (Å²) in [5.41, 5.74) is 24.3. The Kier molecular flexibility index (Phi) is 16.8. The Morgan fingerprint density at radius 1 is 0.223 bits per heavy atom. The van der Waals surface area contributed by atoms with Crippen LogP contribution < -0.4 is 0 Å². The van der Waals surface area contributed by atoms with E-state index < -0.39 is 0 Å². The first kappa shape index (κ1) is 66.6. The van der Waals surface area contributed by atoms with Crippen molar-refractivity contribution in [1.82, 2.24) is 39.0 Å². The van der Waals surface area contributed by atoms with Crippen LogP contribution in [0.5, 0.6) is 0 Å². The number of hydrogen-bond donors (Lipinski definition) is 0. The van der Waals surface area contributed by atoms with Crippen LogP contribution in [0, 0.1) is 40.6 Å². The van der Waals surface area contributed by atoms with Crippen molar-refractivity contribution in [3.8, 4) is 165 Å². The average molecular weight is 1430 g/mol. The Hall–Kier alpha value is -16.1. The summed E-state index contributed by atoms with van der Waals surface area (Å²) in [6, 6.07) is 126. The molecule has 0 atom stereocenters. The molecule has 12 heteroatoms. The van der Waals surface area contributed by atoms with E-state index in [0.29, 0.717) is 57.3 Å². The molecule has 15 aromatic carbocycles. The van der Waals surface area contributed by atoms with Crippen molar-refractivity contribution in [3.63, 3.8) is 0 Å². The van der Waals surface area contributed by atoms with Gasteiger partial charge in [-0.1, -0.05) is 224 Å². The van der Waals surface area contributed by atoms with Crippen molar-refractivity contribution in [2.45, 2.75) is 0 Å². The lowest BCUT2D eigenvalue weighted by Crippen LogP contribution is -2.02. The average Bonchev–Trinajstić information content (AvgIpc) is 1.57. The van der Waals surface area contributed by atoms with Crippen LogP contribution in [0.1, 0.15) is 16.7 Å². The van der Waals surface area contributed by atoms with E-state index in [1.165, 1.54) is 0 Å². The predicted octanol–water partition coefficient (Wildman–Crippen LogP) is 24.4. The number of hydrogen-bond acceptors (Lipinski definition) is 9. The second-order valence-electron chi connectivity index (χ2n) is 27.4. The van der Waals surface area contributed by atoms with Gasteiger partial charge in [-0.3, -0.25) is 0 Å². The summed E-state index contributed by atoms with van der Waals surface area (Å²) < 4.78 is 4.72. The Bertz CT molecular complexity index is 6340. The molecule has 0 radical (unpaired) electrons. The van der Waals surface area contributed by atoms with Gasteiger partial charge in [0.25, 0.3) is 0 Å². The second-order valence-corrected chi connectivity index (χ2v) is 27.4. The minimum absolute atomic E-state index is 0.493. The largest absolute Gasteiger partial charge is 0.309 e. The van der Waals surface area contributed by atoms with Gasteiger partial charge in [-0.2, -0.15) is 15.8 Å². The van der Waals surface area contributed by atoms with Crippen molar-refractivity contribution < 1.29 is 0 Å². The van der Waals surface area contributed by atoms with Crippen molar-refractivity contribution in [2.24, 2.45) is 0 Å². The van der Waals surface area contributed by atoms with E-state index in [9.17, 15) is 15.8 Å². The van der Waals surface area contributed by atoms with Crippen LogP contribution in [0.15, 0.2) is 352 Å². The van der Waals surface area contributed by atoms with E-state index in [0.717, 1.165) is 155 Å². The quantitative estimate of drug-likeness (QED) is 0.0964. The molecule has 12 nitrogen and oxygen atoms in total. The van der Waals surface area contributed by atoms with Crippen LogP contribution >= 0.6 is 0 Å². The molecule has 4 heterocycles. The maximum absolute atomic E-state index is 9.86. The van der Waals surface area contributed by atoms with E-state index in [-0.39, 0.29) is 0 Å². The molecule has 112 heavy (non-hydrogen) atoms. The first-order chi connectivity index (χ1) is 55.3. The van der Waals surface area contributed by atoms with Gasteiger partial charge in [-0.25, -0.2) is 34.7 Å². The molecule has 19 aromatic rings. The van der Waals surface area contributed by atoms with Gasteiger partial charge >= 0.3 is 0 Å². The first-order valence-corrected chi connectivity index (χ1v) is 36.6. The molecule has 518 valence electrons. The van der Waals surface area contributed by atoms with Crippen LogP contribution in [-0.4, -0.2) is 39.0 Å². The van der Waals surface area contributed by atoms with Gasteiger partial charge in [0.2, 0.25) is 0 Å². The Morgan fingerprint density at radius 2 is 0.473 bits per heavy atom. The summed E-state index contributed by atoms with van der Waals surface area (Å²) in [6.45, 7) is 7.75. The van der Waals surface area contributed by atoms with Gasteiger partial charge in [0.05, 0.1) is 74.9 Å². The minimum atomic E-state index is 0.493. The number of aromatic nitrogens is 8. The van der Waals surface area contributed by atoms with E-state index in [1.54, 1.807) is 0 Å². The van der Waals surface area contributed by atoms with E-state index in [1.807, 2.05) is 218 Å². The number of nitriles is 3. The molecule has 0 aliphatic carbocycles. The normalized spacial score (nSPS) is 11.2. The van der Waals surface area contributed by atoms with Crippen molar-refractivity contribution in [1.29, 1.82) is 15.8 Å². The number of nitrogens with zero attached hydrogens (tertiary/aromatic N) is 12. The third kappa shape index (κ3) is 12.4. The Morgan fingerprint density at radius 3 is 0.750 bits per heavy atom. The number of rotatable bonds is 14. The molecular weight excluding hydrogens is 1370 g/mol. The molecule has 0 N–H and O–H groups in total. The lowest BCUT2D eigenvalue weighted by molar-refractivity contribution is 1.07. The summed E-state index contributed by atoms with van der Waals surface area (Å²) in [6.07, 6.45) is 0. The summed E-state index contributed by atoms with van der Waals surface area (Å²) in [4.78, 5) is 35.2.